The third kappa shape index (κ3) is 2.17. The Morgan fingerprint density at radius 3 is 2.94 bits per heavy atom. The summed E-state index contributed by atoms with van der Waals surface area (Å²) < 4.78 is 5.53. The summed E-state index contributed by atoms with van der Waals surface area (Å²) in [6, 6.07) is 6.65. The van der Waals surface area contributed by atoms with E-state index in [1.54, 1.807) is 0 Å². The molecule has 1 aromatic rings. The van der Waals surface area contributed by atoms with Crippen molar-refractivity contribution in [3.63, 3.8) is 0 Å². The van der Waals surface area contributed by atoms with Crippen LogP contribution in [0.4, 0.5) is 0 Å². The van der Waals surface area contributed by atoms with Crippen LogP contribution in [0.1, 0.15) is 30.0 Å². The molecule has 3 nitrogen and oxygen atoms in total. The average Bonchev–Trinajstić information content (AvgIpc) is 2.86. The molecule has 92 valence electrons. The Bertz CT molecular complexity index is 399. The van der Waals surface area contributed by atoms with Gasteiger partial charge in [0.25, 0.3) is 0 Å². The molecular formula is C14H20N2O. The fraction of sp³-hybridized carbons (Fsp3) is 0.571. The number of hydrogen-bond acceptors (Lipinski definition) is 3. The van der Waals surface area contributed by atoms with Crippen molar-refractivity contribution in [2.75, 3.05) is 19.7 Å². The van der Waals surface area contributed by atoms with Crippen molar-refractivity contribution in [2.24, 2.45) is 11.7 Å². The van der Waals surface area contributed by atoms with Crippen LogP contribution >= 0.6 is 0 Å². The predicted molar refractivity (Wildman–Crippen MR) is 68.2 cm³/mol. The molecule has 0 amide bonds. The Kier molecular flexibility index (Phi) is 3.04. The van der Waals surface area contributed by atoms with Gasteiger partial charge in [0.05, 0.1) is 6.61 Å². The van der Waals surface area contributed by atoms with E-state index in [0.29, 0.717) is 5.92 Å². The van der Waals surface area contributed by atoms with Gasteiger partial charge in [-0.3, -0.25) is 0 Å². The molecule has 1 unspecified atom stereocenters. The highest BCUT2D eigenvalue weighted by molar-refractivity contribution is 5.40. The number of nitrogens with one attached hydrogen (secondary N) is 1. The highest BCUT2D eigenvalue weighted by atomic mass is 16.5. The molecule has 0 saturated carbocycles. The van der Waals surface area contributed by atoms with Crippen LogP contribution in [0.2, 0.25) is 0 Å². The molecule has 0 aromatic heterocycles. The maximum atomic E-state index is 6.40. The van der Waals surface area contributed by atoms with Crippen LogP contribution in [0.25, 0.3) is 0 Å². The minimum atomic E-state index is 0.183. The predicted octanol–water partition coefficient (Wildman–Crippen LogP) is 1.62. The van der Waals surface area contributed by atoms with Gasteiger partial charge in [-0.25, -0.2) is 0 Å². The van der Waals surface area contributed by atoms with E-state index in [2.05, 4.69) is 23.5 Å². The summed E-state index contributed by atoms with van der Waals surface area (Å²) in [6.07, 6.45) is 3.41. The van der Waals surface area contributed by atoms with Gasteiger partial charge >= 0.3 is 0 Å². The van der Waals surface area contributed by atoms with Crippen LogP contribution in [0.5, 0.6) is 5.75 Å². The number of rotatable bonds is 2. The number of ether oxygens (including phenoxy) is 1. The molecule has 3 rings (SSSR count). The fourth-order valence-electron chi connectivity index (χ4n) is 2.89. The van der Waals surface area contributed by atoms with Crippen molar-refractivity contribution < 1.29 is 4.74 Å². The van der Waals surface area contributed by atoms with Gasteiger partial charge in [0, 0.05) is 12.5 Å². The molecule has 1 atom stereocenters. The maximum Gasteiger partial charge on any atom is 0.122 e. The zero-order valence-electron chi connectivity index (χ0n) is 10.1. The standard InChI is InChI=1S/C14H20N2O/c15-14(10-3-6-16-7-4-10)12-1-2-13-11(9-12)5-8-17-13/h1-2,9-10,14,16H,3-8,15H2. The third-order valence-corrected chi connectivity index (χ3v) is 3.99. The first-order chi connectivity index (χ1) is 8.34. The SMILES string of the molecule is NC(c1ccc2c(c1)CCO2)C1CCNCC1. The van der Waals surface area contributed by atoms with Crippen molar-refractivity contribution in [2.45, 2.75) is 25.3 Å². The van der Waals surface area contributed by atoms with Gasteiger partial charge in [0.2, 0.25) is 0 Å². The van der Waals surface area contributed by atoms with Crippen LogP contribution < -0.4 is 15.8 Å². The zero-order chi connectivity index (χ0) is 11.7. The zero-order valence-corrected chi connectivity index (χ0v) is 10.1. The normalized spacial score (nSPS) is 21.9. The lowest BCUT2D eigenvalue weighted by Gasteiger charge is -2.28. The van der Waals surface area contributed by atoms with E-state index in [9.17, 15) is 0 Å². The van der Waals surface area contributed by atoms with Gasteiger partial charge < -0.3 is 15.8 Å². The van der Waals surface area contributed by atoms with Crippen molar-refractivity contribution in [1.82, 2.24) is 5.32 Å². The second-order valence-corrected chi connectivity index (χ2v) is 5.08. The monoisotopic (exact) mass is 232 g/mol. The number of fused-ring (bicyclic) bond motifs is 1. The Balaban J connectivity index is 1.78. The Morgan fingerprint density at radius 1 is 1.29 bits per heavy atom. The van der Waals surface area contributed by atoms with Gasteiger partial charge in [-0.1, -0.05) is 12.1 Å². The number of piperidine rings is 1. The molecule has 1 saturated heterocycles. The first-order valence-electron chi connectivity index (χ1n) is 6.56. The van der Waals surface area contributed by atoms with E-state index in [1.165, 1.54) is 24.0 Å². The van der Waals surface area contributed by atoms with Gasteiger partial charge in [-0.05, 0) is 49.0 Å². The molecule has 0 spiro atoms. The summed E-state index contributed by atoms with van der Waals surface area (Å²) in [7, 11) is 0. The lowest BCUT2D eigenvalue weighted by atomic mass is 9.86. The topological polar surface area (TPSA) is 47.3 Å². The number of hydrogen-bond donors (Lipinski definition) is 2. The molecule has 1 aromatic carbocycles. The summed E-state index contributed by atoms with van der Waals surface area (Å²) >= 11 is 0. The van der Waals surface area contributed by atoms with E-state index >= 15 is 0 Å². The van der Waals surface area contributed by atoms with Gasteiger partial charge in [0.1, 0.15) is 5.75 Å². The molecule has 2 heterocycles. The van der Waals surface area contributed by atoms with Gasteiger partial charge in [0.15, 0.2) is 0 Å². The summed E-state index contributed by atoms with van der Waals surface area (Å²) in [4.78, 5) is 0. The van der Waals surface area contributed by atoms with Gasteiger partial charge in [-0.2, -0.15) is 0 Å². The molecule has 0 bridgehead atoms. The lowest BCUT2D eigenvalue weighted by Crippen LogP contribution is -2.33. The van der Waals surface area contributed by atoms with Gasteiger partial charge in [-0.15, -0.1) is 0 Å². The Morgan fingerprint density at radius 2 is 2.12 bits per heavy atom. The minimum Gasteiger partial charge on any atom is -0.493 e. The van der Waals surface area contributed by atoms with Crippen molar-refractivity contribution in [1.29, 1.82) is 0 Å². The van der Waals surface area contributed by atoms with Crippen LogP contribution in [0, 0.1) is 5.92 Å². The second kappa shape index (κ2) is 4.67. The second-order valence-electron chi connectivity index (χ2n) is 5.08. The number of nitrogens with two attached hydrogens (primary N) is 1. The largest absolute Gasteiger partial charge is 0.493 e. The van der Waals surface area contributed by atoms with E-state index in [4.69, 9.17) is 10.5 Å². The van der Waals surface area contributed by atoms with Crippen LogP contribution in [0.15, 0.2) is 18.2 Å². The summed E-state index contributed by atoms with van der Waals surface area (Å²) in [5, 5.41) is 3.39. The van der Waals surface area contributed by atoms with E-state index in [1.807, 2.05) is 0 Å². The third-order valence-electron chi connectivity index (χ3n) is 3.99. The minimum absolute atomic E-state index is 0.183. The average molecular weight is 232 g/mol. The summed E-state index contributed by atoms with van der Waals surface area (Å²) in [6.45, 7) is 3.03. The van der Waals surface area contributed by atoms with Crippen molar-refractivity contribution in [3.8, 4) is 5.75 Å². The summed E-state index contributed by atoms with van der Waals surface area (Å²) in [5.41, 5.74) is 9.00. The number of benzene rings is 1. The molecular weight excluding hydrogens is 212 g/mol. The van der Waals surface area contributed by atoms with Crippen molar-refractivity contribution >= 4 is 0 Å². The molecule has 0 radical (unpaired) electrons. The molecule has 2 aliphatic heterocycles. The molecule has 2 aliphatic rings. The van der Waals surface area contributed by atoms with E-state index < -0.39 is 0 Å². The highest BCUT2D eigenvalue weighted by Crippen LogP contribution is 2.32. The highest BCUT2D eigenvalue weighted by Gasteiger charge is 2.23. The fourth-order valence-corrected chi connectivity index (χ4v) is 2.89. The maximum absolute atomic E-state index is 6.40. The molecule has 17 heavy (non-hydrogen) atoms. The quantitative estimate of drug-likeness (QED) is 0.814. The van der Waals surface area contributed by atoms with Crippen LogP contribution in [0.3, 0.4) is 0 Å². The van der Waals surface area contributed by atoms with Crippen molar-refractivity contribution in [3.05, 3.63) is 29.3 Å². The Labute approximate surface area is 102 Å². The molecule has 3 N–H and O–H groups in total. The molecule has 0 aliphatic carbocycles. The van der Waals surface area contributed by atoms with E-state index in [0.717, 1.165) is 31.9 Å². The first kappa shape index (κ1) is 11.1. The van der Waals surface area contributed by atoms with Crippen LogP contribution in [-0.2, 0) is 6.42 Å². The summed E-state index contributed by atoms with van der Waals surface area (Å²) in [5.74, 6) is 1.67. The molecule has 1 fully saturated rings. The first-order valence-corrected chi connectivity index (χ1v) is 6.56. The Hall–Kier alpha value is -1.06. The van der Waals surface area contributed by atoms with Crippen LogP contribution in [-0.4, -0.2) is 19.7 Å². The molecule has 3 heteroatoms. The lowest BCUT2D eigenvalue weighted by molar-refractivity contribution is 0.322. The smallest absolute Gasteiger partial charge is 0.122 e. The van der Waals surface area contributed by atoms with E-state index in [-0.39, 0.29) is 6.04 Å².